The lowest BCUT2D eigenvalue weighted by Gasteiger charge is -2.31. The maximum absolute atomic E-state index is 13.0. The fourth-order valence-electron chi connectivity index (χ4n) is 3.81. The Balaban J connectivity index is 1.80. The third-order valence-corrected chi connectivity index (χ3v) is 7.69. The van der Waals surface area contributed by atoms with Gasteiger partial charge in [-0.2, -0.15) is 4.31 Å². The van der Waals surface area contributed by atoms with Gasteiger partial charge in [0.2, 0.25) is 15.9 Å². The molecule has 1 unspecified atom stereocenters. The second kappa shape index (κ2) is 9.28. The average molecular weight is 435 g/mol. The molecule has 0 saturated carbocycles. The Hall–Kier alpha value is -1.89. The number of benzene rings is 2. The fraction of sp³-hybridized carbons (Fsp3) is 0.409. The van der Waals surface area contributed by atoms with Gasteiger partial charge in [0.1, 0.15) is 0 Å². The van der Waals surface area contributed by atoms with Crippen molar-refractivity contribution >= 4 is 33.2 Å². The van der Waals surface area contributed by atoms with Crippen LogP contribution in [0, 0.1) is 5.92 Å². The molecule has 3 rings (SSSR count). The van der Waals surface area contributed by atoms with E-state index in [4.69, 9.17) is 11.6 Å². The molecule has 1 amide bonds. The predicted molar refractivity (Wildman–Crippen MR) is 117 cm³/mol. The lowest BCUT2D eigenvalue weighted by molar-refractivity contribution is -0.120. The van der Waals surface area contributed by atoms with Gasteiger partial charge in [0.05, 0.1) is 10.8 Å². The highest BCUT2D eigenvalue weighted by molar-refractivity contribution is 7.89. The van der Waals surface area contributed by atoms with Crippen molar-refractivity contribution in [1.82, 2.24) is 4.31 Å². The van der Waals surface area contributed by atoms with Gasteiger partial charge >= 0.3 is 0 Å². The number of hydrogen-bond donors (Lipinski definition) is 1. The van der Waals surface area contributed by atoms with Gasteiger partial charge in [0.15, 0.2) is 0 Å². The molecule has 1 aliphatic heterocycles. The molecule has 0 aliphatic carbocycles. The Morgan fingerprint density at radius 2 is 1.86 bits per heavy atom. The zero-order valence-electron chi connectivity index (χ0n) is 16.8. The Morgan fingerprint density at radius 1 is 1.14 bits per heavy atom. The molecular formula is C22H27ClN2O3S. The van der Waals surface area contributed by atoms with Crippen LogP contribution in [0.4, 0.5) is 5.69 Å². The summed E-state index contributed by atoms with van der Waals surface area (Å²) in [7, 11) is -3.60. The van der Waals surface area contributed by atoms with E-state index in [1.807, 2.05) is 26.0 Å². The topological polar surface area (TPSA) is 66.5 Å². The molecule has 1 N–H and O–H groups in total. The SMILES string of the molecule is CCc1ccc(Cl)c(CC)c1NC(=O)C1CCCN(S(=O)(=O)c2ccccc2)C1. The minimum absolute atomic E-state index is 0.148. The highest BCUT2D eigenvalue weighted by atomic mass is 35.5. The van der Waals surface area contributed by atoms with Gasteiger partial charge in [-0.25, -0.2) is 8.42 Å². The molecule has 1 heterocycles. The van der Waals surface area contributed by atoms with Gasteiger partial charge in [0, 0.05) is 23.8 Å². The smallest absolute Gasteiger partial charge is 0.243 e. The average Bonchev–Trinajstić information content (AvgIpc) is 2.75. The van der Waals surface area contributed by atoms with Crippen molar-refractivity contribution in [3.05, 3.63) is 58.6 Å². The molecule has 1 fully saturated rings. The van der Waals surface area contributed by atoms with Crippen LogP contribution in [0.5, 0.6) is 0 Å². The number of halogens is 1. The van der Waals surface area contributed by atoms with Crippen molar-refractivity contribution in [2.24, 2.45) is 5.92 Å². The van der Waals surface area contributed by atoms with Crippen molar-refractivity contribution in [3.8, 4) is 0 Å². The van der Waals surface area contributed by atoms with Crippen LogP contribution < -0.4 is 5.32 Å². The first-order valence-corrected chi connectivity index (χ1v) is 11.9. The minimum Gasteiger partial charge on any atom is -0.325 e. The summed E-state index contributed by atoms with van der Waals surface area (Å²) < 4.78 is 27.3. The number of sulfonamides is 1. The van der Waals surface area contributed by atoms with Crippen molar-refractivity contribution in [2.75, 3.05) is 18.4 Å². The number of nitrogens with one attached hydrogen (secondary N) is 1. The van der Waals surface area contributed by atoms with Crippen molar-refractivity contribution < 1.29 is 13.2 Å². The summed E-state index contributed by atoms with van der Waals surface area (Å²) in [5.41, 5.74) is 2.73. The fourth-order valence-corrected chi connectivity index (χ4v) is 5.64. The quantitative estimate of drug-likeness (QED) is 0.727. The molecule has 0 bridgehead atoms. The van der Waals surface area contributed by atoms with E-state index >= 15 is 0 Å². The van der Waals surface area contributed by atoms with Gasteiger partial charge in [-0.1, -0.05) is 49.7 Å². The van der Waals surface area contributed by atoms with E-state index in [0.29, 0.717) is 30.8 Å². The second-order valence-electron chi connectivity index (χ2n) is 7.27. The first-order chi connectivity index (χ1) is 13.9. The number of rotatable bonds is 6. The Kier molecular flexibility index (Phi) is 6.98. The monoisotopic (exact) mass is 434 g/mol. The summed E-state index contributed by atoms with van der Waals surface area (Å²) in [5, 5.41) is 3.69. The first-order valence-electron chi connectivity index (χ1n) is 10.0. The van der Waals surface area contributed by atoms with Crippen LogP contribution in [0.1, 0.15) is 37.8 Å². The minimum atomic E-state index is -3.60. The molecule has 29 heavy (non-hydrogen) atoms. The molecule has 2 aromatic rings. The molecule has 156 valence electrons. The molecule has 1 atom stereocenters. The van der Waals surface area contributed by atoms with E-state index in [-0.39, 0.29) is 17.3 Å². The number of carbonyl (C=O) groups is 1. The van der Waals surface area contributed by atoms with E-state index in [9.17, 15) is 13.2 Å². The van der Waals surface area contributed by atoms with Crippen LogP contribution in [0.3, 0.4) is 0 Å². The molecule has 1 saturated heterocycles. The van der Waals surface area contributed by atoms with Gasteiger partial charge in [-0.15, -0.1) is 0 Å². The van der Waals surface area contributed by atoms with Crippen LogP contribution in [-0.4, -0.2) is 31.7 Å². The van der Waals surface area contributed by atoms with Crippen molar-refractivity contribution in [2.45, 2.75) is 44.4 Å². The van der Waals surface area contributed by atoms with Gasteiger partial charge in [-0.05, 0) is 55.0 Å². The molecular weight excluding hydrogens is 408 g/mol. The second-order valence-corrected chi connectivity index (χ2v) is 9.62. The summed E-state index contributed by atoms with van der Waals surface area (Å²) in [6.45, 7) is 4.66. The number of hydrogen-bond acceptors (Lipinski definition) is 3. The Morgan fingerprint density at radius 3 is 2.52 bits per heavy atom. The Labute approximate surface area is 178 Å². The van der Waals surface area contributed by atoms with Gasteiger partial charge in [-0.3, -0.25) is 4.79 Å². The molecule has 7 heteroatoms. The maximum atomic E-state index is 13.0. The molecule has 0 aromatic heterocycles. The lowest BCUT2D eigenvalue weighted by Crippen LogP contribution is -2.43. The van der Waals surface area contributed by atoms with Crippen LogP contribution in [-0.2, 0) is 27.7 Å². The summed E-state index contributed by atoms with van der Waals surface area (Å²) in [6.07, 6.45) is 2.80. The van der Waals surface area contributed by atoms with Crippen molar-refractivity contribution in [1.29, 1.82) is 0 Å². The zero-order valence-corrected chi connectivity index (χ0v) is 18.4. The van der Waals surface area contributed by atoms with E-state index in [1.165, 1.54) is 4.31 Å². The first kappa shape index (κ1) is 21.8. The molecule has 2 aromatic carbocycles. The summed E-state index contributed by atoms with van der Waals surface area (Å²) in [6, 6.07) is 12.2. The van der Waals surface area contributed by atoms with E-state index < -0.39 is 15.9 Å². The number of nitrogens with zero attached hydrogens (tertiary/aromatic N) is 1. The number of anilines is 1. The highest BCUT2D eigenvalue weighted by Crippen LogP contribution is 2.31. The predicted octanol–water partition coefficient (Wildman–Crippen LogP) is 4.50. The molecule has 0 spiro atoms. The molecule has 0 radical (unpaired) electrons. The maximum Gasteiger partial charge on any atom is 0.243 e. The van der Waals surface area contributed by atoms with E-state index in [1.54, 1.807) is 30.3 Å². The third-order valence-electron chi connectivity index (χ3n) is 5.46. The van der Waals surface area contributed by atoms with Crippen molar-refractivity contribution in [3.63, 3.8) is 0 Å². The number of aryl methyl sites for hydroxylation is 1. The summed E-state index contributed by atoms with van der Waals surface area (Å²) in [5.74, 6) is -0.541. The zero-order chi connectivity index (χ0) is 21.0. The largest absolute Gasteiger partial charge is 0.325 e. The van der Waals surface area contributed by atoms with E-state index in [0.717, 1.165) is 23.2 Å². The number of amides is 1. The van der Waals surface area contributed by atoms with E-state index in [2.05, 4.69) is 5.32 Å². The molecule has 5 nitrogen and oxygen atoms in total. The van der Waals surface area contributed by atoms with Crippen LogP contribution in [0.2, 0.25) is 5.02 Å². The van der Waals surface area contributed by atoms with Crippen LogP contribution in [0.25, 0.3) is 0 Å². The summed E-state index contributed by atoms with van der Waals surface area (Å²) >= 11 is 6.34. The third kappa shape index (κ3) is 4.65. The van der Waals surface area contributed by atoms with Crippen LogP contribution >= 0.6 is 11.6 Å². The highest BCUT2D eigenvalue weighted by Gasteiger charge is 2.33. The number of carbonyl (C=O) groups excluding carboxylic acids is 1. The number of piperidine rings is 1. The normalized spacial score (nSPS) is 17.8. The standard InChI is InChI=1S/C22H27ClN2O3S/c1-3-16-12-13-20(23)19(4-2)21(16)24-22(26)17-9-8-14-25(15-17)29(27,28)18-10-6-5-7-11-18/h5-7,10-13,17H,3-4,8-9,14-15H2,1-2H3,(H,24,26). The van der Waals surface area contributed by atoms with Gasteiger partial charge in [0.25, 0.3) is 0 Å². The summed E-state index contributed by atoms with van der Waals surface area (Å²) in [4.78, 5) is 13.3. The molecule has 1 aliphatic rings. The lowest BCUT2D eigenvalue weighted by atomic mass is 9.97. The van der Waals surface area contributed by atoms with Crippen LogP contribution in [0.15, 0.2) is 47.4 Å². The Bertz CT molecular complexity index is 977. The van der Waals surface area contributed by atoms with Gasteiger partial charge < -0.3 is 5.32 Å².